The molecule has 140 valence electrons. The summed E-state index contributed by atoms with van der Waals surface area (Å²) in [6, 6.07) is 10.2. The van der Waals surface area contributed by atoms with Crippen molar-refractivity contribution in [1.82, 2.24) is 10.3 Å². The van der Waals surface area contributed by atoms with Gasteiger partial charge in [-0.25, -0.2) is 4.98 Å². The van der Waals surface area contributed by atoms with E-state index in [1.807, 2.05) is 32.2 Å². The molecule has 27 heavy (non-hydrogen) atoms. The highest BCUT2D eigenvalue weighted by atomic mass is 16.3. The topological polar surface area (TPSA) is 58.4 Å². The maximum atomic E-state index is 12.6. The Kier molecular flexibility index (Phi) is 4.60. The van der Waals surface area contributed by atoms with Crippen LogP contribution in [0, 0.1) is 20.8 Å². The molecule has 1 aliphatic heterocycles. The van der Waals surface area contributed by atoms with E-state index in [0.717, 1.165) is 48.3 Å². The molecule has 0 radical (unpaired) electrons. The van der Waals surface area contributed by atoms with Gasteiger partial charge in [0.2, 0.25) is 0 Å². The third-order valence-electron chi connectivity index (χ3n) is 5.41. The number of anilines is 1. The summed E-state index contributed by atoms with van der Waals surface area (Å²) in [6.45, 7) is 7.93. The minimum atomic E-state index is -0.131. The Balaban J connectivity index is 1.38. The van der Waals surface area contributed by atoms with Crippen LogP contribution < -0.4 is 10.2 Å². The van der Waals surface area contributed by atoms with Crippen molar-refractivity contribution in [2.24, 2.45) is 0 Å². The molecule has 1 amide bonds. The largest absolute Gasteiger partial charge is 0.451 e. The van der Waals surface area contributed by atoms with Gasteiger partial charge in [0.25, 0.3) is 5.91 Å². The molecule has 1 aromatic carbocycles. The monoisotopic (exact) mass is 363 g/mol. The second-order valence-corrected chi connectivity index (χ2v) is 7.51. The van der Waals surface area contributed by atoms with Crippen LogP contribution in [0.5, 0.6) is 0 Å². The maximum absolute atomic E-state index is 12.6. The van der Waals surface area contributed by atoms with Gasteiger partial charge in [0.1, 0.15) is 11.4 Å². The maximum Gasteiger partial charge on any atom is 0.287 e. The molecule has 1 saturated heterocycles. The third kappa shape index (κ3) is 3.68. The van der Waals surface area contributed by atoms with Crippen molar-refractivity contribution in [2.75, 3.05) is 18.0 Å². The van der Waals surface area contributed by atoms with Crippen LogP contribution in [0.4, 0.5) is 5.82 Å². The molecule has 3 heterocycles. The lowest BCUT2D eigenvalue weighted by Gasteiger charge is -2.33. The molecule has 0 spiro atoms. The first-order valence-electron chi connectivity index (χ1n) is 9.49. The lowest BCUT2D eigenvalue weighted by molar-refractivity contribution is 0.0905. The molecule has 1 aliphatic rings. The summed E-state index contributed by atoms with van der Waals surface area (Å²) < 4.78 is 5.78. The second kappa shape index (κ2) is 7.06. The summed E-state index contributed by atoms with van der Waals surface area (Å²) >= 11 is 0. The Labute approximate surface area is 159 Å². The normalized spacial score (nSPS) is 15.3. The van der Waals surface area contributed by atoms with Crippen LogP contribution in [0.1, 0.15) is 40.1 Å². The number of nitrogens with zero attached hydrogens (tertiary/aromatic N) is 2. The summed E-state index contributed by atoms with van der Waals surface area (Å²) in [5.74, 6) is 1.26. The van der Waals surface area contributed by atoms with Gasteiger partial charge in [0, 0.05) is 30.7 Å². The number of aryl methyl sites for hydroxylation is 3. The average molecular weight is 363 g/mol. The number of nitrogens with one attached hydrogen (secondary N) is 1. The van der Waals surface area contributed by atoms with Crippen LogP contribution >= 0.6 is 0 Å². The summed E-state index contributed by atoms with van der Waals surface area (Å²) in [6.07, 6.45) is 3.70. The standard InChI is InChI=1S/C22H25N3O2/c1-14-4-5-21(23-13-14)25-8-6-18(7-9-25)24-22(26)20-12-17-10-15(2)16(3)11-19(17)27-20/h4-5,10-13,18H,6-9H2,1-3H3,(H,24,26). The number of piperidine rings is 1. The minimum absolute atomic E-state index is 0.131. The molecule has 5 heteroatoms. The average Bonchev–Trinajstić information content (AvgIpc) is 3.06. The van der Waals surface area contributed by atoms with Crippen LogP contribution in [0.25, 0.3) is 11.0 Å². The van der Waals surface area contributed by atoms with E-state index in [1.54, 1.807) is 0 Å². The van der Waals surface area contributed by atoms with Crippen molar-refractivity contribution in [3.8, 4) is 0 Å². The molecule has 1 N–H and O–H groups in total. The van der Waals surface area contributed by atoms with Gasteiger partial charge in [-0.2, -0.15) is 0 Å². The zero-order chi connectivity index (χ0) is 19.0. The fourth-order valence-electron chi connectivity index (χ4n) is 3.57. The highest BCUT2D eigenvalue weighted by Gasteiger charge is 2.23. The highest BCUT2D eigenvalue weighted by molar-refractivity contribution is 5.96. The number of aromatic nitrogens is 1. The summed E-state index contributed by atoms with van der Waals surface area (Å²) in [5, 5.41) is 4.10. The van der Waals surface area contributed by atoms with Crippen molar-refractivity contribution in [3.05, 3.63) is 59.0 Å². The first kappa shape index (κ1) is 17.6. The van der Waals surface area contributed by atoms with E-state index >= 15 is 0 Å². The molecule has 0 saturated carbocycles. The number of carbonyl (C=O) groups is 1. The van der Waals surface area contributed by atoms with Crippen molar-refractivity contribution >= 4 is 22.7 Å². The van der Waals surface area contributed by atoms with Crippen molar-refractivity contribution in [2.45, 2.75) is 39.7 Å². The van der Waals surface area contributed by atoms with Crippen LogP contribution in [0.3, 0.4) is 0 Å². The van der Waals surface area contributed by atoms with Gasteiger partial charge in [0.05, 0.1) is 0 Å². The number of fused-ring (bicyclic) bond motifs is 1. The molecule has 0 unspecified atom stereocenters. The second-order valence-electron chi connectivity index (χ2n) is 7.51. The number of benzene rings is 1. The summed E-state index contributed by atoms with van der Waals surface area (Å²) in [7, 11) is 0. The number of rotatable bonds is 3. The van der Waals surface area contributed by atoms with Gasteiger partial charge in [-0.15, -0.1) is 0 Å². The zero-order valence-electron chi connectivity index (χ0n) is 16.1. The molecule has 0 atom stereocenters. The fourth-order valence-corrected chi connectivity index (χ4v) is 3.57. The first-order valence-corrected chi connectivity index (χ1v) is 9.49. The van der Waals surface area contributed by atoms with E-state index in [9.17, 15) is 4.79 Å². The molecule has 0 aliphatic carbocycles. The molecular weight excluding hydrogens is 338 g/mol. The zero-order valence-corrected chi connectivity index (χ0v) is 16.1. The Bertz CT molecular complexity index is 928. The van der Waals surface area contributed by atoms with Gasteiger partial charge in [-0.1, -0.05) is 6.07 Å². The quantitative estimate of drug-likeness (QED) is 0.759. The predicted molar refractivity (Wildman–Crippen MR) is 107 cm³/mol. The molecule has 4 rings (SSSR count). The third-order valence-corrected chi connectivity index (χ3v) is 5.41. The predicted octanol–water partition coefficient (Wildman–Crippen LogP) is 4.15. The van der Waals surface area contributed by atoms with Crippen molar-refractivity contribution < 1.29 is 9.21 Å². The van der Waals surface area contributed by atoms with Gasteiger partial charge in [-0.05, 0) is 74.6 Å². The van der Waals surface area contributed by atoms with E-state index in [2.05, 4.69) is 40.3 Å². The molecule has 1 fully saturated rings. The number of amides is 1. The van der Waals surface area contributed by atoms with Gasteiger partial charge < -0.3 is 14.6 Å². The van der Waals surface area contributed by atoms with Gasteiger partial charge in [0.15, 0.2) is 5.76 Å². The lowest BCUT2D eigenvalue weighted by Crippen LogP contribution is -2.44. The van der Waals surface area contributed by atoms with Gasteiger partial charge >= 0.3 is 0 Å². The molecular formula is C22H25N3O2. The molecule has 5 nitrogen and oxygen atoms in total. The van der Waals surface area contributed by atoms with Crippen LogP contribution in [-0.2, 0) is 0 Å². The Morgan fingerprint density at radius 2 is 1.85 bits per heavy atom. The van der Waals surface area contributed by atoms with E-state index in [1.165, 1.54) is 11.1 Å². The van der Waals surface area contributed by atoms with Crippen LogP contribution in [0.2, 0.25) is 0 Å². The van der Waals surface area contributed by atoms with Crippen LogP contribution in [-0.4, -0.2) is 30.0 Å². The number of pyridine rings is 1. The van der Waals surface area contributed by atoms with Crippen LogP contribution in [0.15, 0.2) is 40.9 Å². The fraction of sp³-hybridized carbons (Fsp3) is 0.364. The number of hydrogen-bond acceptors (Lipinski definition) is 4. The number of carbonyl (C=O) groups excluding carboxylic acids is 1. The minimum Gasteiger partial charge on any atom is -0.451 e. The smallest absolute Gasteiger partial charge is 0.287 e. The number of furan rings is 1. The number of hydrogen-bond donors (Lipinski definition) is 1. The van der Waals surface area contributed by atoms with Gasteiger partial charge in [-0.3, -0.25) is 4.79 Å². The lowest BCUT2D eigenvalue weighted by atomic mass is 10.0. The Morgan fingerprint density at radius 3 is 2.56 bits per heavy atom. The Morgan fingerprint density at radius 1 is 1.11 bits per heavy atom. The SMILES string of the molecule is Cc1ccc(N2CCC(NC(=O)c3cc4cc(C)c(C)cc4o3)CC2)nc1. The molecule has 2 aromatic heterocycles. The highest BCUT2D eigenvalue weighted by Crippen LogP contribution is 2.24. The van der Waals surface area contributed by atoms with Crippen molar-refractivity contribution in [3.63, 3.8) is 0 Å². The van der Waals surface area contributed by atoms with Crippen molar-refractivity contribution in [1.29, 1.82) is 0 Å². The van der Waals surface area contributed by atoms with E-state index in [4.69, 9.17) is 4.42 Å². The summed E-state index contributed by atoms with van der Waals surface area (Å²) in [4.78, 5) is 19.4. The van der Waals surface area contributed by atoms with E-state index in [-0.39, 0.29) is 11.9 Å². The summed E-state index contributed by atoms with van der Waals surface area (Å²) in [5.41, 5.74) is 4.30. The first-order chi connectivity index (χ1) is 13.0. The molecule has 0 bridgehead atoms. The van der Waals surface area contributed by atoms with E-state index < -0.39 is 0 Å². The molecule has 3 aromatic rings. The van der Waals surface area contributed by atoms with E-state index in [0.29, 0.717) is 5.76 Å². The Hall–Kier alpha value is -2.82.